The topological polar surface area (TPSA) is 0 Å². The third-order valence-electron chi connectivity index (χ3n) is 1.57. The van der Waals surface area contributed by atoms with Gasteiger partial charge in [0, 0.05) is 5.92 Å². The lowest BCUT2D eigenvalue weighted by molar-refractivity contribution is 0.868. The van der Waals surface area contributed by atoms with Crippen molar-refractivity contribution in [3.63, 3.8) is 0 Å². The normalized spacial score (nSPS) is 21.6. The Bertz CT molecular complexity index is 232. The van der Waals surface area contributed by atoms with Crippen molar-refractivity contribution in [1.82, 2.24) is 0 Å². The fraction of sp³-hybridized carbons (Fsp3) is 0.273. The lowest BCUT2D eigenvalue weighted by Gasteiger charge is -1.96. The molecular weight excluding hydrogens is 132 g/mol. The van der Waals surface area contributed by atoms with Crippen molar-refractivity contribution in [2.75, 3.05) is 0 Å². The van der Waals surface area contributed by atoms with Crippen molar-refractivity contribution in [2.24, 2.45) is 5.92 Å². The van der Waals surface area contributed by atoms with E-state index in [-0.39, 0.29) is 0 Å². The number of hydrogen-bond donors (Lipinski definition) is 0. The first-order valence-electron chi connectivity index (χ1n) is 3.87. The summed E-state index contributed by atoms with van der Waals surface area (Å²) in [4.78, 5) is 0. The van der Waals surface area contributed by atoms with Crippen molar-refractivity contribution in [3.05, 3.63) is 37.0 Å². The van der Waals surface area contributed by atoms with Crippen LogP contribution in [0.3, 0.4) is 0 Å². The van der Waals surface area contributed by atoms with Gasteiger partial charge in [-0.05, 0) is 18.9 Å². The Morgan fingerprint density at radius 1 is 1.36 bits per heavy atom. The Hall–Kier alpha value is -1.22. The summed E-state index contributed by atoms with van der Waals surface area (Å²) in [5.74, 6) is 6.37. The molecule has 0 heteroatoms. The summed E-state index contributed by atoms with van der Waals surface area (Å²) in [7, 11) is 0. The average Bonchev–Trinajstić information content (AvgIpc) is 2.28. The Labute approximate surface area is 68.3 Å². The summed E-state index contributed by atoms with van der Waals surface area (Å²) in [5, 5.41) is 0. The monoisotopic (exact) mass is 144 g/mol. The summed E-state index contributed by atoms with van der Waals surface area (Å²) >= 11 is 0. The molecule has 0 aliphatic heterocycles. The molecule has 0 fully saturated rings. The van der Waals surface area contributed by atoms with Crippen LogP contribution in [0.1, 0.15) is 12.8 Å². The summed E-state index contributed by atoms with van der Waals surface area (Å²) < 4.78 is 0. The van der Waals surface area contributed by atoms with Crippen molar-refractivity contribution in [1.29, 1.82) is 0 Å². The van der Waals surface area contributed by atoms with E-state index >= 15 is 0 Å². The van der Waals surface area contributed by atoms with Gasteiger partial charge >= 0.3 is 0 Å². The van der Waals surface area contributed by atoms with Gasteiger partial charge in [-0.1, -0.05) is 42.7 Å². The van der Waals surface area contributed by atoms with Gasteiger partial charge in [-0.25, -0.2) is 0 Å². The maximum absolute atomic E-state index is 3.55. The summed E-state index contributed by atoms with van der Waals surface area (Å²) in [6.07, 6.45) is 12.4. The van der Waals surface area contributed by atoms with Crippen LogP contribution in [0, 0.1) is 17.8 Å². The lowest BCUT2D eigenvalue weighted by Crippen LogP contribution is -1.87. The van der Waals surface area contributed by atoms with Crippen LogP contribution >= 0.6 is 0 Å². The van der Waals surface area contributed by atoms with Gasteiger partial charge in [-0.3, -0.25) is 0 Å². The van der Waals surface area contributed by atoms with Gasteiger partial charge in [0.2, 0.25) is 0 Å². The largest absolute Gasteiger partial charge is 0.0907 e. The maximum Gasteiger partial charge on any atom is 0.0420 e. The molecule has 11 heavy (non-hydrogen) atoms. The predicted molar refractivity (Wildman–Crippen MR) is 49.0 cm³/mol. The van der Waals surface area contributed by atoms with Crippen LogP contribution in [0.4, 0.5) is 0 Å². The van der Waals surface area contributed by atoms with Gasteiger partial charge < -0.3 is 0 Å². The quantitative estimate of drug-likeness (QED) is 0.362. The van der Waals surface area contributed by atoms with Crippen molar-refractivity contribution in [2.45, 2.75) is 12.8 Å². The summed E-state index contributed by atoms with van der Waals surface area (Å²) in [6.45, 7) is 3.55. The highest BCUT2D eigenvalue weighted by Crippen LogP contribution is 2.09. The number of rotatable bonds is 0. The van der Waals surface area contributed by atoms with Crippen LogP contribution in [0.5, 0.6) is 0 Å². The van der Waals surface area contributed by atoms with E-state index in [1.54, 1.807) is 6.08 Å². The molecule has 0 aromatic carbocycles. The average molecular weight is 144 g/mol. The highest BCUT2D eigenvalue weighted by molar-refractivity contribution is 5.20. The van der Waals surface area contributed by atoms with E-state index in [4.69, 9.17) is 0 Å². The smallest absolute Gasteiger partial charge is 0.0420 e. The second kappa shape index (κ2) is 4.57. The van der Waals surface area contributed by atoms with E-state index in [9.17, 15) is 0 Å². The molecule has 1 rings (SSSR count). The third-order valence-corrected chi connectivity index (χ3v) is 1.57. The van der Waals surface area contributed by atoms with Gasteiger partial charge in [0.25, 0.3) is 0 Å². The molecule has 0 spiro atoms. The number of allylic oxidation sites excluding steroid dienone is 5. The van der Waals surface area contributed by atoms with E-state index in [0.717, 1.165) is 12.8 Å². The molecule has 0 nitrogen and oxygen atoms in total. The Balaban J connectivity index is 2.57. The predicted octanol–water partition coefficient (Wildman–Crippen LogP) is 2.70. The molecule has 0 aromatic rings. The molecule has 0 heterocycles. The summed E-state index contributed by atoms with van der Waals surface area (Å²) in [5.41, 5.74) is 0. The minimum absolute atomic E-state index is 0.395. The first-order valence-corrected chi connectivity index (χ1v) is 3.87. The second-order valence-corrected chi connectivity index (χ2v) is 2.47. The molecule has 0 unspecified atom stereocenters. The van der Waals surface area contributed by atoms with Crippen molar-refractivity contribution < 1.29 is 0 Å². The van der Waals surface area contributed by atoms with Crippen LogP contribution in [-0.4, -0.2) is 0 Å². The number of hydrogen-bond acceptors (Lipinski definition) is 0. The Morgan fingerprint density at radius 2 is 2.27 bits per heavy atom. The van der Waals surface area contributed by atoms with Crippen LogP contribution in [-0.2, 0) is 0 Å². The van der Waals surface area contributed by atoms with Gasteiger partial charge in [-0.2, -0.15) is 0 Å². The molecule has 56 valence electrons. The minimum atomic E-state index is 0.395. The molecule has 1 aliphatic carbocycles. The van der Waals surface area contributed by atoms with E-state index in [0.29, 0.717) is 5.92 Å². The lowest BCUT2D eigenvalue weighted by atomic mass is 10.1. The standard InChI is InChI=1S/C11H12/c1-2-3-8-11-9-6-4-5-7-10-11/h2,4,6-7,10-11H,1,5,9H2/t11-/m1/s1. The molecule has 0 N–H and O–H groups in total. The van der Waals surface area contributed by atoms with Gasteiger partial charge in [0.1, 0.15) is 0 Å². The third kappa shape index (κ3) is 2.91. The molecule has 0 aromatic heterocycles. The van der Waals surface area contributed by atoms with Crippen LogP contribution in [0.2, 0.25) is 0 Å². The van der Waals surface area contributed by atoms with E-state index < -0.39 is 0 Å². The first-order chi connectivity index (χ1) is 5.43. The highest BCUT2D eigenvalue weighted by Gasteiger charge is 1.97. The Morgan fingerprint density at radius 3 is 3.09 bits per heavy atom. The molecular formula is C11H12. The van der Waals surface area contributed by atoms with E-state index in [2.05, 4.69) is 42.7 Å². The molecule has 0 bridgehead atoms. The summed E-state index contributed by atoms with van der Waals surface area (Å²) in [6, 6.07) is 0. The Kier molecular flexibility index (Phi) is 3.28. The fourth-order valence-electron chi connectivity index (χ4n) is 1.01. The van der Waals surface area contributed by atoms with Gasteiger partial charge in [0.15, 0.2) is 0 Å². The second-order valence-electron chi connectivity index (χ2n) is 2.47. The van der Waals surface area contributed by atoms with Crippen LogP contribution < -0.4 is 0 Å². The molecule has 0 saturated heterocycles. The van der Waals surface area contributed by atoms with Crippen molar-refractivity contribution in [3.8, 4) is 11.8 Å². The van der Waals surface area contributed by atoms with E-state index in [1.165, 1.54) is 0 Å². The van der Waals surface area contributed by atoms with Gasteiger partial charge in [0.05, 0.1) is 0 Å². The van der Waals surface area contributed by atoms with E-state index in [1.807, 2.05) is 0 Å². The van der Waals surface area contributed by atoms with Crippen molar-refractivity contribution >= 4 is 0 Å². The highest BCUT2D eigenvalue weighted by atomic mass is 14.0. The van der Waals surface area contributed by atoms with Gasteiger partial charge in [-0.15, -0.1) is 0 Å². The SMILES string of the molecule is C=CC#C[C@H]1C=CCC=CC1. The zero-order chi connectivity index (χ0) is 7.94. The zero-order valence-electron chi connectivity index (χ0n) is 6.59. The molecule has 0 saturated carbocycles. The molecule has 1 atom stereocenters. The fourth-order valence-corrected chi connectivity index (χ4v) is 1.01. The van der Waals surface area contributed by atoms with Crippen LogP contribution in [0.15, 0.2) is 37.0 Å². The molecule has 0 amide bonds. The molecule has 1 aliphatic rings. The van der Waals surface area contributed by atoms with Crippen LogP contribution in [0.25, 0.3) is 0 Å². The zero-order valence-corrected chi connectivity index (χ0v) is 6.59. The minimum Gasteiger partial charge on any atom is -0.0907 e. The maximum atomic E-state index is 3.55. The molecule has 0 radical (unpaired) electrons. The first kappa shape index (κ1) is 7.88.